The van der Waals surface area contributed by atoms with Crippen molar-refractivity contribution in [1.82, 2.24) is 9.88 Å². The Balaban J connectivity index is 1.65. The van der Waals surface area contributed by atoms with Gasteiger partial charge in [-0.15, -0.1) is 0 Å². The summed E-state index contributed by atoms with van der Waals surface area (Å²) in [6.07, 6.45) is -1.31. The maximum atomic E-state index is 13.2. The number of rotatable bonds is 2. The summed E-state index contributed by atoms with van der Waals surface area (Å²) < 4.78 is 32.0. The van der Waals surface area contributed by atoms with Gasteiger partial charge in [0.05, 0.1) is 13.2 Å². The molecule has 2 aliphatic heterocycles. The molecule has 0 aliphatic carbocycles. The van der Waals surface area contributed by atoms with E-state index in [0.29, 0.717) is 31.2 Å². The molecule has 2 aliphatic rings. The average Bonchev–Trinajstić information content (AvgIpc) is 2.61. The number of anilines is 1. The van der Waals surface area contributed by atoms with Crippen molar-refractivity contribution in [3.05, 3.63) is 23.9 Å². The Kier molecular flexibility index (Phi) is 4.62. The van der Waals surface area contributed by atoms with E-state index in [2.05, 4.69) is 4.98 Å². The number of amides is 1. The van der Waals surface area contributed by atoms with Crippen molar-refractivity contribution in [3.63, 3.8) is 0 Å². The smallest absolute Gasteiger partial charge is 0.253 e. The van der Waals surface area contributed by atoms with Gasteiger partial charge in [0.2, 0.25) is 0 Å². The number of halogens is 2. The number of likely N-dealkylation sites (tertiary alicyclic amines) is 1. The third-order valence-corrected chi connectivity index (χ3v) is 4.32. The molecule has 8 heteroatoms. The van der Waals surface area contributed by atoms with Gasteiger partial charge in [0.1, 0.15) is 17.6 Å². The Morgan fingerprint density at radius 3 is 2.79 bits per heavy atom. The lowest BCUT2D eigenvalue weighted by Gasteiger charge is -2.38. The first-order valence-corrected chi connectivity index (χ1v) is 7.89. The van der Waals surface area contributed by atoms with E-state index in [0.717, 1.165) is 0 Å². The highest BCUT2D eigenvalue weighted by molar-refractivity contribution is 5.82. The van der Waals surface area contributed by atoms with Crippen molar-refractivity contribution >= 4 is 11.7 Å². The van der Waals surface area contributed by atoms with Gasteiger partial charge >= 0.3 is 0 Å². The second kappa shape index (κ2) is 6.69. The highest BCUT2D eigenvalue weighted by atomic mass is 19.3. The molecule has 3 heterocycles. The highest BCUT2D eigenvalue weighted by Gasteiger charge is 2.38. The summed E-state index contributed by atoms with van der Waals surface area (Å²) in [5, 5.41) is 8.94. The lowest BCUT2D eigenvalue weighted by atomic mass is 10.1. The number of carbonyl (C=O) groups excluding carboxylic acids is 1. The Morgan fingerprint density at radius 2 is 2.08 bits per heavy atom. The Labute approximate surface area is 138 Å². The molecule has 0 spiro atoms. The maximum absolute atomic E-state index is 13.2. The minimum atomic E-state index is -2.68. The molecule has 1 aromatic rings. The average molecular weight is 336 g/mol. The highest BCUT2D eigenvalue weighted by Crippen LogP contribution is 2.28. The summed E-state index contributed by atoms with van der Waals surface area (Å²) in [7, 11) is 0. The second-order valence-electron chi connectivity index (χ2n) is 5.98. The van der Waals surface area contributed by atoms with E-state index >= 15 is 0 Å². The van der Waals surface area contributed by atoms with Crippen molar-refractivity contribution in [2.24, 2.45) is 0 Å². The summed E-state index contributed by atoms with van der Waals surface area (Å²) in [4.78, 5) is 20.1. The minimum Gasteiger partial charge on any atom is -0.365 e. The van der Waals surface area contributed by atoms with Crippen LogP contribution >= 0.6 is 0 Å². The van der Waals surface area contributed by atoms with Crippen LogP contribution in [0.2, 0.25) is 0 Å². The molecule has 3 rings (SSSR count). The SMILES string of the molecule is N#Cc1cccc(N2CCOC(C(=O)N3CCC(F)(F)CC3)C2)n1. The molecule has 0 bridgehead atoms. The molecule has 6 nitrogen and oxygen atoms in total. The standard InChI is InChI=1S/C16H18F2N4O2/c17-16(18)4-6-21(7-5-16)15(23)13-11-22(8-9-24-13)14-3-1-2-12(10-19)20-14/h1-3,13H,4-9,11H2. The molecule has 1 atom stereocenters. The molecule has 1 unspecified atom stereocenters. The summed E-state index contributed by atoms with van der Waals surface area (Å²) >= 11 is 0. The summed E-state index contributed by atoms with van der Waals surface area (Å²) in [6.45, 7) is 1.30. The fraction of sp³-hybridized carbons (Fsp3) is 0.562. The maximum Gasteiger partial charge on any atom is 0.253 e. The molecular formula is C16H18F2N4O2. The topological polar surface area (TPSA) is 69.5 Å². The number of morpholine rings is 1. The third-order valence-electron chi connectivity index (χ3n) is 4.32. The van der Waals surface area contributed by atoms with Crippen molar-refractivity contribution in [2.45, 2.75) is 24.9 Å². The van der Waals surface area contributed by atoms with Gasteiger partial charge in [0, 0.05) is 32.5 Å². The summed E-state index contributed by atoms with van der Waals surface area (Å²) in [6, 6.07) is 7.11. The van der Waals surface area contributed by atoms with Crippen molar-refractivity contribution in [1.29, 1.82) is 5.26 Å². The van der Waals surface area contributed by atoms with Crippen LogP contribution in [0.15, 0.2) is 18.2 Å². The van der Waals surface area contributed by atoms with Crippen LogP contribution in [0.1, 0.15) is 18.5 Å². The van der Waals surface area contributed by atoms with E-state index in [4.69, 9.17) is 10.00 Å². The fourth-order valence-corrected chi connectivity index (χ4v) is 2.93. The van der Waals surface area contributed by atoms with Crippen LogP contribution in [0.3, 0.4) is 0 Å². The molecule has 2 saturated heterocycles. The molecule has 0 aromatic carbocycles. The monoisotopic (exact) mass is 336 g/mol. The van der Waals surface area contributed by atoms with Crippen molar-refractivity contribution in [2.75, 3.05) is 37.7 Å². The number of carbonyl (C=O) groups is 1. The number of alkyl halides is 2. The quantitative estimate of drug-likeness (QED) is 0.817. The summed E-state index contributed by atoms with van der Waals surface area (Å²) in [5.41, 5.74) is 0.306. The van der Waals surface area contributed by atoms with Crippen LogP contribution in [-0.2, 0) is 9.53 Å². The van der Waals surface area contributed by atoms with Gasteiger partial charge in [-0.2, -0.15) is 5.26 Å². The van der Waals surface area contributed by atoms with E-state index < -0.39 is 12.0 Å². The molecule has 1 aromatic heterocycles. The predicted molar refractivity (Wildman–Crippen MR) is 81.7 cm³/mol. The van der Waals surface area contributed by atoms with Gasteiger partial charge in [-0.05, 0) is 12.1 Å². The van der Waals surface area contributed by atoms with Crippen molar-refractivity contribution in [3.8, 4) is 6.07 Å². The number of aromatic nitrogens is 1. The van der Waals surface area contributed by atoms with Gasteiger partial charge in [0.25, 0.3) is 11.8 Å². The van der Waals surface area contributed by atoms with Crippen LogP contribution in [0, 0.1) is 11.3 Å². The Morgan fingerprint density at radius 1 is 1.33 bits per heavy atom. The zero-order valence-electron chi connectivity index (χ0n) is 13.1. The van der Waals surface area contributed by atoms with E-state index in [1.54, 1.807) is 18.2 Å². The normalized spacial score (nSPS) is 23.6. The van der Waals surface area contributed by atoms with Crippen LogP contribution in [0.25, 0.3) is 0 Å². The molecule has 2 fully saturated rings. The number of nitrogens with zero attached hydrogens (tertiary/aromatic N) is 4. The van der Waals surface area contributed by atoms with E-state index in [9.17, 15) is 13.6 Å². The van der Waals surface area contributed by atoms with Crippen LogP contribution in [0.5, 0.6) is 0 Å². The van der Waals surface area contributed by atoms with Gasteiger partial charge in [0.15, 0.2) is 6.10 Å². The fourth-order valence-electron chi connectivity index (χ4n) is 2.93. The Bertz CT molecular complexity index is 652. The molecule has 0 radical (unpaired) electrons. The van der Waals surface area contributed by atoms with Gasteiger partial charge in [-0.3, -0.25) is 4.79 Å². The minimum absolute atomic E-state index is 0.0495. The van der Waals surface area contributed by atoms with Gasteiger partial charge in [-0.25, -0.2) is 13.8 Å². The second-order valence-corrected chi connectivity index (χ2v) is 5.98. The first-order chi connectivity index (χ1) is 11.5. The summed E-state index contributed by atoms with van der Waals surface area (Å²) in [5.74, 6) is -2.33. The van der Waals surface area contributed by atoms with Gasteiger partial charge in [-0.1, -0.05) is 6.07 Å². The molecule has 0 saturated carbocycles. The van der Waals surface area contributed by atoms with Crippen LogP contribution in [-0.4, -0.2) is 60.6 Å². The zero-order valence-corrected chi connectivity index (χ0v) is 13.1. The van der Waals surface area contributed by atoms with E-state index in [1.807, 2.05) is 11.0 Å². The number of hydrogen-bond donors (Lipinski definition) is 0. The molecule has 0 N–H and O–H groups in total. The van der Waals surface area contributed by atoms with Crippen molar-refractivity contribution < 1.29 is 18.3 Å². The molecule has 1 amide bonds. The lowest BCUT2D eigenvalue weighted by Crippen LogP contribution is -2.53. The lowest BCUT2D eigenvalue weighted by molar-refractivity contribution is -0.150. The number of nitriles is 1. The van der Waals surface area contributed by atoms with E-state index in [-0.39, 0.29) is 31.8 Å². The van der Waals surface area contributed by atoms with Crippen LogP contribution in [0.4, 0.5) is 14.6 Å². The number of hydrogen-bond acceptors (Lipinski definition) is 5. The molecular weight excluding hydrogens is 318 g/mol. The predicted octanol–water partition coefficient (Wildman–Crippen LogP) is 1.42. The van der Waals surface area contributed by atoms with Crippen LogP contribution < -0.4 is 4.90 Å². The number of piperidine rings is 1. The molecule has 24 heavy (non-hydrogen) atoms. The zero-order chi connectivity index (χ0) is 17.2. The van der Waals surface area contributed by atoms with E-state index in [1.165, 1.54) is 4.90 Å². The third kappa shape index (κ3) is 3.62. The first kappa shape index (κ1) is 16.6. The first-order valence-electron chi connectivity index (χ1n) is 7.89. The molecule has 128 valence electrons. The largest absolute Gasteiger partial charge is 0.365 e. The van der Waals surface area contributed by atoms with Gasteiger partial charge < -0.3 is 14.5 Å². The number of ether oxygens (including phenoxy) is 1. The Hall–Kier alpha value is -2.27. The number of pyridine rings is 1.